The maximum Gasteiger partial charge on any atom is 0.222 e. The van der Waals surface area contributed by atoms with Crippen LogP contribution in [0.15, 0.2) is 12.1 Å². The molecule has 0 spiro atoms. The van der Waals surface area contributed by atoms with Crippen LogP contribution in [0.4, 0.5) is 0 Å². The Labute approximate surface area is 106 Å². The first-order valence-electron chi connectivity index (χ1n) is 5.97. The number of carbonyl (C=O) groups excluding carboxylic acids is 1. The van der Waals surface area contributed by atoms with Crippen molar-refractivity contribution in [3.8, 4) is 11.5 Å². The number of aliphatic hydroxyl groups is 1. The summed E-state index contributed by atoms with van der Waals surface area (Å²) in [6, 6.07) is 3.81. The molecule has 18 heavy (non-hydrogen) atoms. The smallest absolute Gasteiger partial charge is 0.222 e. The molecule has 0 unspecified atom stereocenters. The van der Waals surface area contributed by atoms with Gasteiger partial charge in [0, 0.05) is 13.0 Å². The SMILES string of the molecule is Cc1cc2c(cc1CNC(=O)CCO)OCCO2. The Morgan fingerprint density at radius 2 is 2.00 bits per heavy atom. The number of ether oxygens (including phenoxy) is 2. The van der Waals surface area contributed by atoms with E-state index in [1.165, 1.54) is 0 Å². The Balaban J connectivity index is 2.06. The number of carbonyl (C=O) groups is 1. The van der Waals surface area contributed by atoms with Crippen molar-refractivity contribution >= 4 is 5.91 Å². The second kappa shape index (κ2) is 5.73. The van der Waals surface area contributed by atoms with Gasteiger partial charge >= 0.3 is 0 Å². The summed E-state index contributed by atoms with van der Waals surface area (Å²) in [4.78, 5) is 11.3. The zero-order chi connectivity index (χ0) is 13.0. The van der Waals surface area contributed by atoms with Crippen molar-refractivity contribution in [2.45, 2.75) is 19.9 Å². The van der Waals surface area contributed by atoms with E-state index in [2.05, 4.69) is 5.32 Å². The maximum absolute atomic E-state index is 11.3. The van der Waals surface area contributed by atoms with Gasteiger partial charge in [0.15, 0.2) is 11.5 Å². The van der Waals surface area contributed by atoms with Crippen molar-refractivity contribution in [3.63, 3.8) is 0 Å². The second-order valence-corrected chi connectivity index (χ2v) is 4.17. The minimum atomic E-state index is -0.160. The normalized spacial score (nSPS) is 13.2. The molecule has 5 nitrogen and oxygen atoms in total. The first-order chi connectivity index (χ1) is 8.70. The van der Waals surface area contributed by atoms with Crippen molar-refractivity contribution in [2.75, 3.05) is 19.8 Å². The Morgan fingerprint density at radius 3 is 2.67 bits per heavy atom. The number of aliphatic hydroxyl groups excluding tert-OH is 1. The zero-order valence-corrected chi connectivity index (χ0v) is 10.4. The third kappa shape index (κ3) is 2.92. The van der Waals surface area contributed by atoms with Crippen molar-refractivity contribution in [1.29, 1.82) is 0 Å². The molecule has 0 saturated heterocycles. The van der Waals surface area contributed by atoms with Gasteiger partial charge in [-0.05, 0) is 30.2 Å². The lowest BCUT2D eigenvalue weighted by molar-refractivity contribution is -0.121. The molecule has 2 rings (SSSR count). The minimum absolute atomic E-state index is 0.129. The Kier molecular flexibility index (Phi) is 4.04. The topological polar surface area (TPSA) is 67.8 Å². The van der Waals surface area contributed by atoms with E-state index < -0.39 is 0 Å². The van der Waals surface area contributed by atoms with Crippen LogP contribution in [0, 0.1) is 6.92 Å². The highest BCUT2D eigenvalue weighted by Crippen LogP contribution is 2.32. The number of amides is 1. The molecule has 0 bridgehead atoms. The summed E-state index contributed by atoms with van der Waals surface area (Å²) in [6.45, 7) is 3.38. The quantitative estimate of drug-likeness (QED) is 0.829. The molecule has 0 fully saturated rings. The number of hydrogen-bond acceptors (Lipinski definition) is 4. The highest BCUT2D eigenvalue weighted by molar-refractivity contribution is 5.76. The van der Waals surface area contributed by atoms with Crippen molar-refractivity contribution in [1.82, 2.24) is 5.32 Å². The fourth-order valence-electron chi connectivity index (χ4n) is 1.81. The van der Waals surface area contributed by atoms with Crippen LogP contribution in [0.5, 0.6) is 11.5 Å². The van der Waals surface area contributed by atoms with Gasteiger partial charge in [-0.2, -0.15) is 0 Å². The number of rotatable bonds is 4. The molecule has 0 aromatic heterocycles. The molecular formula is C13H17NO4. The average molecular weight is 251 g/mol. The second-order valence-electron chi connectivity index (χ2n) is 4.17. The van der Waals surface area contributed by atoms with Crippen LogP contribution >= 0.6 is 0 Å². The molecule has 0 saturated carbocycles. The zero-order valence-electron chi connectivity index (χ0n) is 10.4. The third-order valence-electron chi connectivity index (χ3n) is 2.82. The fourth-order valence-corrected chi connectivity index (χ4v) is 1.81. The number of hydrogen-bond donors (Lipinski definition) is 2. The standard InChI is InChI=1S/C13H17NO4/c1-9-6-11-12(18-5-4-17-11)7-10(9)8-14-13(16)2-3-15/h6-7,15H,2-5,8H2,1H3,(H,14,16). The van der Waals surface area contributed by atoms with Crippen LogP contribution in [0.3, 0.4) is 0 Å². The number of nitrogens with one attached hydrogen (secondary N) is 1. The summed E-state index contributed by atoms with van der Waals surface area (Å²) in [5, 5.41) is 11.4. The van der Waals surface area contributed by atoms with E-state index in [1.807, 2.05) is 19.1 Å². The fraction of sp³-hybridized carbons (Fsp3) is 0.462. The third-order valence-corrected chi connectivity index (χ3v) is 2.82. The van der Waals surface area contributed by atoms with Crippen LogP contribution in [0.2, 0.25) is 0 Å². The van der Waals surface area contributed by atoms with Crippen molar-refractivity contribution < 1.29 is 19.4 Å². The van der Waals surface area contributed by atoms with E-state index in [-0.39, 0.29) is 18.9 Å². The predicted molar refractivity (Wildman–Crippen MR) is 65.7 cm³/mol. The van der Waals surface area contributed by atoms with Crippen LogP contribution in [-0.2, 0) is 11.3 Å². The van der Waals surface area contributed by atoms with Gasteiger partial charge in [-0.1, -0.05) is 0 Å². The van der Waals surface area contributed by atoms with Crippen molar-refractivity contribution in [3.05, 3.63) is 23.3 Å². The first kappa shape index (κ1) is 12.7. The van der Waals surface area contributed by atoms with Gasteiger partial charge in [-0.3, -0.25) is 4.79 Å². The van der Waals surface area contributed by atoms with E-state index in [9.17, 15) is 4.79 Å². The Morgan fingerprint density at radius 1 is 1.33 bits per heavy atom. The van der Waals surface area contributed by atoms with Gasteiger partial charge in [0.1, 0.15) is 13.2 Å². The molecule has 1 aliphatic heterocycles. The largest absolute Gasteiger partial charge is 0.486 e. The lowest BCUT2D eigenvalue weighted by Gasteiger charge is -2.20. The molecule has 1 amide bonds. The van der Waals surface area contributed by atoms with E-state index in [4.69, 9.17) is 14.6 Å². The maximum atomic E-state index is 11.3. The molecule has 0 atom stereocenters. The van der Waals surface area contributed by atoms with Gasteiger partial charge in [-0.15, -0.1) is 0 Å². The Bertz CT molecular complexity index is 445. The molecule has 5 heteroatoms. The highest BCUT2D eigenvalue weighted by atomic mass is 16.6. The van der Waals surface area contributed by atoms with Crippen molar-refractivity contribution in [2.24, 2.45) is 0 Å². The van der Waals surface area contributed by atoms with Crippen LogP contribution in [0.1, 0.15) is 17.5 Å². The summed E-state index contributed by atoms with van der Waals surface area (Å²) in [5.41, 5.74) is 2.04. The number of fused-ring (bicyclic) bond motifs is 1. The average Bonchev–Trinajstić information content (AvgIpc) is 2.36. The number of aryl methyl sites for hydroxylation is 1. The van der Waals surface area contributed by atoms with Crippen LogP contribution in [0.25, 0.3) is 0 Å². The molecule has 98 valence electrons. The molecular weight excluding hydrogens is 234 g/mol. The van der Waals surface area contributed by atoms with E-state index in [0.29, 0.717) is 19.8 Å². The number of benzene rings is 1. The van der Waals surface area contributed by atoms with Crippen LogP contribution < -0.4 is 14.8 Å². The predicted octanol–water partition coefficient (Wildman–Crippen LogP) is 0.765. The summed E-state index contributed by atoms with van der Waals surface area (Å²) >= 11 is 0. The highest BCUT2D eigenvalue weighted by Gasteiger charge is 2.14. The lowest BCUT2D eigenvalue weighted by Crippen LogP contribution is -2.24. The van der Waals surface area contributed by atoms with E-state index in [0.717, 1.165) is 22.6 Å². The molecule has 2 N–H and O–H groups in total. The van der Waals surface area contributed by atoms with Gasteiger partial charge in [0.2, 0.25) is 5.91 Å². The summed E-state index contributed by atoms with van der Waals surface area (Å²) in [7, 11) is 0. The summed E-state index contributed by atoms with van der Waals surface area (Å²) in [6.07, 6.45) is 0.129. The molecule has 1 heterocycles. The van der Waals surface area contributed by atoms with E-state index in [1.54, 1.807) is 0 Å². The Hall–Kier alpha value is -1.75. The summed E-state index contributed by atoms with van der Waals surface area (Å²) < 4.78 is 11.0. The lowest BCUT2D eigenvalue weighted by atomic mass is 10.1. The van der Waals surface area contributed by atoms with Gasteiger partial charge < -0.3 is 19.9 Å². The van der Waals surface area contributed by atoms with Gasteiger partial charge in [0.05, 0.1) is 6.61 Å². The van der Waals surface area contributed by atoms with Gasteiger partial charge in [0.25, 0.3) is 0 Å². The molecule has 1 aromatic rings. The monoisotopic (exact) mass is 251 g/mol. The van der Waals surface area contributed by atoms with E-state index >= 15 is 0 Å². The summed E-state index contributed by atoms with van der Waals surface area (Å²) in [5.74, 6) is 1.31. The minimum Gasteiger partial charge on any atom is -0.486 e. The molecule has 0 aliphatic carbocycles. The molecule has 0 radical (unpaired) electrons. The first-order valence-corrected chi connectivity index (χ1v) is 5.97. The van der Waals surface area contributed by atoms with Crippen LogP contribution in [-0.4, -0.2) is 30.8 Å². The molecule has 1 aromatic carbocycles. The molecule has 1 aliphatic rings. The van der Waals surface area contributed by atoms with Gasteiger partial charge in [-0.25, -0.2) is 0 Å².